The van der Waals surface area contributed by atoms with E-state index in [-0.39, 0.29) is 11.7 Å². The van der Waals surface area contributed by atoms with Crippen molar-refractivity contribution in [1.82, 2.24) is 24.3 Å². The molecule has 7 nitrogen and oxygen atoms in total. The zero-order valence-electron chi connectivity index (χ0n) is 11.0. The third-order valence-electron chi connectivity index (χ3n) is 3.00. The molecule has 1 aromatic carbocycles. The van der Waals surface area contributed by atoms with Crippen LogP contribution in [0, 0.1) is 5.82 Å². The summed E-state index contributed by atoms with van der Waals surface area (Å²) in [5.41, 5.74) is 7.02. The third kappa shape index (κ3) is 1.94. The highest BCUT2D eigenvalue weighted by atomic mass is 19.1. The summed E-state index contributed by atoms with van der Waals surface area (Å²) in [5, 5.41) is 4.19. The molecule has 0 aliphatic heterocycles. The summed E-state index contributed by atoms with van der Waals surface area (Å²) in [7, 11) is 3.19. The Bertz CT molecular complexity index is 778. The maximum Gasteiger partial charge on any atom is 0.201 e. The molecule has 0 bridgehead atoms. The molecule has 0 aliphatic rings. The highest BCUT2D eigenvalue weighted by Gasteiger charge is 2.14. The summed E-state index contributed by atoms with van der Waals surface area (Å²) in [6.07, 6.45) is 1.60. The van der Waals surface area contributed by atoms with Gasteiger partial charge in [-0.05, 0) is 0 Å². The molecule has 3 aromatic rings. The number of ether oxygens (including phenoxy) is 1. The van der Waals surface area contributed by atoms with Crippen molar-refractivity contribution in [2.45, 2.75) is 6.54 Å². The van der Waals surface area contributed by atoms with E-state index in [9.17, 15) is 4.39 Å². The SMILES string of the molecule is COc1cc2c(cc1F)nc(N)n2Cc1ncn(C)n1. The van der Waals surface area contributed by atoms with Crippen molar-refractivity contribution in [3.05, 3.63) is 30.1 Å². The summed E-state index contributed by atoms with van der Waals surface area (Å²) in [5.74, 6) is 0.551. The normalized spacial score (nSPS) is 11.2. The van der Waals surface area contributed by atoms with Crippen LogP contribution in [0.2, 0.25) is 0 Å². The number of rotatable bonds is 3. The van der Waals surface area contributed by atoms with Gasteiger partial charge in [0.1, 0.15) is 6.33 Å². The molecule has 2 heterocycles. The summed E-state index contributed by atoms with van der Waals surface area (Å²) in [4.78, 5) is 8.28. The van der Waals surface area contributed by atoms with E-state index in [4.69, 9.17) is 10.5 Å². The van der Waals surface area contributed by atoms with Crippen LogP contribution in [0.15, 0.2) is 18.5 Å². The lowest BCUT2D eigenvalue weighted by Gasteiger charge is -2.05. The molecule has 2 aromatic heterocycles. The molecule has 3 rings (SSSR count). The van der Waals surface area contributed by atoms with Crippen LogP contribution in [0.5, 0.6) is 5.75 Å². The fourth-order valence-electron chi connectivity index (χ4n) is 2.07. The van der Waals surface area contributed by atoms with Gasteiger partial charge in [0.15, 0.2) is 17.4 Å². The first-order chi connectivity index (χ1) is 9.58. The Morgan fingerprint density at radius 2 is 2.20 bits per heavy atom. The van der Waals surface area contributed by atoms with Crippen LogP contribution in [0.1, 0.15) is 5.82 Å². The fraction of sp³-hybridized carbons (Fsp3) is 0.250. The number of aromatic nitrogens is 5. The van der Waals surface area contributed by atoms with Gasteiger partial charge in [-0.2, -0.15) is 5.10 Å². The summed E-state index contributed by atoms with van der Waals surface area (Å²) in [6, 6.07) is 2.86. The van der Waals surface area contributed by atoms with E-state index in [1.807, 2.05) is 0 Å². The van der Waals surface area contributed by atoms with Crippen LogP contribution in [0.3, 0.4) is 0 Å². The quantitative estimate of drug-likeness (QED) is 0.769. The average Bonchev–Trinajstić information content (AvgIpc) is 2.94. The van der Waals surface area contributed by atoms with E-state index < -0.39 is 5.82 Å². The lowest BCUT2D eigenvalue weighted by molar-refractivity contribution is 0.387. The molecule has 0 amide bonds. The van der Waals surface area contributed by atoms with Crippen LogP contribution < -0.4 is 10.5 Å². The molecule has 20 heavy (non-hydrogen) atoms. The van der Waals surface area contributed by atoms with Gasteiger partial charge in [0.05, 0.1) is 24.7 Å². The number of benzene rings is 1. The van der Waals surface area contributed by atoms with Crippen LogP contribution in [0.4, 0.5) is 10.3 Å². The Morgan fingerprint density at radius 1 is 1.40 bits per heavy atom. The molecule has 8 heteroatoms. The number of fused-ring (bicyclic) bond motifs is 1. The van der Waals surface area contributed by atoms with E-state index in [1.165, 1.54) is 13.2 Å². The van der Waals surface area contributed by atoms with Gasteiger partial charge in [-0.3, -0.25) is 4.68 Å². The van der Waals surface area contributed by atoms with Gasteiger partial charge in [0.25, 0.3) is 0 Å². The number of hydrogen-bond donors (Lipinski definition) is 1. The first kappa shape index (κ1) is 12.4. The van der Waals surface area contributed by atoms with Crippen molar-refractivity contribution in [2.24, 2.45) is 7.05 Å². The van der Waals surface area contributed by atoms with Crippen LogP contribution in [-0.2, 0) is 13.6 Å². The molecule has 0 saturated heterocycles. The minimum absolute atomic E-state index is 0.146. The molecule has 0 saturated carbocycles. The van der Waals surface area contributed by atoms with Gasteiger partial charge in [-0.1, -0.05) is 0 Å². The van der Waals surface area contributed by atoms with Crippen molar-refractivity contribution < 1.29 is 9.13 Å². The molecule has 0 fully saturated rings. The fourth-order valence-corrected chi connectivity index (χ4v) is 2.07. The molecule has 0 aliphatic carbocycles. The number of nitrogens with two attached hydrogens (primary N) is 1. The maximum absolute atomic E-state index is 13.6. The smallest absolute Gasteiger partial charge is 0.201 e. The van der Waals surface area contributed by atoms with E-state index >= 15 is 0 Å². The summed E-state index contributed by atoms with van der Waals surface area (Å²) < 4.78 is 21.9. The Hall–Kier alpha value is -2.64. The Balaban J connectivity index is 2.11. The monoisotopic (exact) mass is 276 g/mol. The largest absolute Gasteiger partial charge is 0.494 e. The molecule has 2 N–H and O–H groups in total. The van der Waals surface area contributed by atoms with E-state index in [0.29, 0.717) is 23.4 Å². The number of aryl methyl sites for hydroxylation is 1. The van der Waals surface area contributed by atoms with E-state index in [2.05, 4.69) is 15.1 Å². The zero-order chi connectivity index (χ0) is 14.3. The predicted octanol–water partition coefficient (Wildman–Crippen LogP) is 0.943. The Kier molecular flexibility index (Phi) is 2.78. The number of nitrogens with zero attached hydrogens (tertiary/aromatic N) is 5. The topological polar surface area (TPSA) is 83.8 Å². The molecule has 0 spiro atoms. The highest BCUT2D eigenvalue weighted by molar-refractivity contribution is 5.80. The Morgan fingerprint density at radius 3 is 2.85 bits per heavy atom. The van der Waals surface area contributed by atoms with Crippen LogP contribution >= 0.6 is 0 Å². The maximum atomic E-state index is 13.6. The molecule has 0 unspecified atom stereocenters. The highest BCUT2D eigenvalue weighted by Crippen LogP contribution is 2.26. The van der Waals surface area contributed by atoms with Crippen LogP contribution in [0.25, 0.3) is 11.0 Å². The van der Waals surface area contributed by atoms with Crippen molar-refractivity contribution in [3.63, 3.8) is 0 Å². The van der Waals surface area contributed by atoms with Gasteiger partial charge in [-0.15, -0.1) is 0 Å². The second kappa shape index (κ2) is 4.48. The number of methoxy groups -OCH3 is 1. The van der Waals surface area contributed by atoms with Crippen molar-refractivity contribution >= 4 is 17.0 Å². The van der Waals surface area contributed by atoms with Gasteiger partial charge in [0.2, 0.25) is 5.95 Å². The minimum atomic E-state index is -0.472. The number of halogens is 1. The molecule has 0 atom stereocenters. The van der Waals surface area contributed by atoms with Crippen LogP contribution in [-0.4, -0.2) is 31.4 Å². The predicted molar refractivity (Wildman–Crippen MR) is 70.8 cm³/mol. The second-order valence-electron chi connectivity index (χ2n) is 4.37. The first-order valence-electron chi connectivity index (χ1n) is 5.92. The average molecular weight is 276 g/mol. The molecule has 104 valence electrons. The molecular weight excluding hydrogens is 263 g/mol. The number of hydrogen-bond acceptors (Lipinski definition) is 5. The summed E-state index contributed by atoms with van der Waals surface area (Å²) >= 11 is 0. The van der Waals surface area contributed by atoms with E-state index in [1.54, 1.807) is 28.7 Å². The van der Waals surface area contributed by atoms with Crippen molar-refractivity contribution in [1.29, 1.82) is 0 Å². The number of imidazole rings is 1. The third-order valence-corrected chi connectivity index (χ3v) is 3.00. The second-order valence-corrected chi connectivity index (χ2v) is 4.37. The number of nitrogen functional groups attached to an aromatic ring is 1. The van der Waals surface area contributed by atoms with Gasteiger partial charge in [-0.25, -0.2) is 14.4 Å². The zero-order valence-corrected chi connectivity index (χ0v) is 11.0. The van der Waals surface area contributed by atoms with Gasteiger partial charge < -0.3 is 15.0 Å². The summed E-state index contributed by atoms with van der Waals surface area (Å²) in [6.45, 7) is 0.359. The van der Waals surface area contributed by atoms with E-state index in [0.717, 1.165) is 0 Å². The first-order valence-corrected chi connectivity index (χ1v) is 5.92. The minimum Gasteiger partial charge on any atom is -0.494 e. The van der Waals surface area contributed by atoms with Gasteiger partial charge >= 0.3 is 0 Å². The lowest BCUT2D eigenvalue weighted by Crippen LogP contribution is -2.06. The molecular formula is C12H13FN6O. The van der Waals surface area contributed by atoms with Crippen molar-refractivity contribution in [2.75, 3.05) is 12.8 Å². The Labute approximate surface area is 113 Å². The number of anilines is 1. The standard InChI is InChI=1S/C12H13FN6O/c1-18-6-15-11(17-18)5-19-9-4-10(20-2)7(13)3-8(9)16-12(19)14/h3-4,6H,5H2,1-2H3,(H2,14,16). The lowest BCUT2D eigenvalue weighted by atomic mass is 10.3. The molecule has 0 radical (unpaired) electrons. The van der Waals surface area contributed by atoms with Gasteiger partial charge in [0, 0.05) is 19.2 Å². The van der Waals surface area contributed by atoms with Crippen molar-refractivity contribution in [3.8, 4) is 5.75 Å².